The van der Waals surface area contributed by atoms with Crippen LogP contribution in [-0.4, -0.2) is 31.4 Å². The molecule has 1 unspecified atom stereocenters. The molecule has 3 N–H and O–H groups in total. The molecule has 25 heavy (non-hydrogen) atoms. The Bertz CT molecular complexity index is 847. The summed E-state index contributed by atoms with van der Waals surface area (Å²) in [5, 5.41) is 2.78. The molecule has 2 aromatic rings. The molecule has 1 aliphatic carbocycles. The standard InChI is InChI=1S/C20H21N3O2/c21-7-8-22-20(25)15-11-19(24)23(12-15)16-5-6-18-14(10-16)9-13-3-1-2-4-17(13)18/h1-6,10,15H,7-9,11-12,21H2,(H,22,25). The normalized spacial score (nSPS) is 18.2. The maximum Gasteiger partial charge on any atom is 0.227 e. The van der Waals surface area contributed by atoms with E-state index in [2.05, 4.69) is 41.7 Å². The zero-order valence-corrected chi connectivity index (χ0v) is 14.0. The van der Waals surface area contributed by atoms with Crippen molar-refractivity contribution in [3.8, 4) is 11.1 Å². The number of nitrogens with one attached hydrogen (secondary N) is 1. The van der Waals surface area contributed by atoms with Gasteiger partial charge < -0.3 is 16.0 Å². The van der Waals surface area contributed by atoms with Crippen LogP contribution in [0.1, 0.15) is 17.5 Å². The third-order valence-corrected chi connectivity index (χ3v) is 5.03. The van der Waals surface area contributed by atoms with Crippen LogP contribution in [0.15, 0.2) is 42.5 Å². The zero-order chi connectivity index (χ0) is 17.4. The number of nitrogens with two attached hydrogens (primary N) is 1. The lowest BCUT2D eigenvalue weighted by Crippen LogP contribution is -2.35. The summed E-state index contributed by atoms with van der Waals surface area (Å²) < 4.78 is 0. The van der Waals surface area contributed by atoms with E-state index in [-0.39, 0.29) is 24.2 Å². The number of anilines is 1. The van der Waals surface area contributed by atoms with Gasteiger partial charge in [-0.3, -0.25) is 9.59 Å². The van der Waals surface area contributed by atoms with E-state index >= 15 is 0 Å². The molecule has 2 aliphatic rings. The molecule has 4 rings (SSSR count). The number of hydrogen-bond acceptors (Lipinski definition) is 3. The third-order valence-electron chi connectivity index (χ3n) is 5.03. The minimum absolute atomic E-state index is 0.00311. The van der Waals surface area contributed by atoms with Gasteiger partial charge in [-0.05, 0) is 40.8 Å². The van der Waals surface area contributed by atoms with Gasteiger partial charge in [0.15, 0.2) is 0 Å². The first-order chi connectivity index (χ1) is 12.2. The van der Waals surface area contributed by atoms with Gasteiger partial charge in [-0.1, -0.05) is 30.3 Å². The maximum atomic E-state index is 12.4. The van der Waals surface area contributed by atoms with Crippen LogP contribution in [0, 0.1) is 5.92 Å². The number of carbonyl (C=O) groups is 2. The quantitative estimate of drug-likeness (QED) is 0.762. The highest BCUT2D eigenvalue weighted by Gasteiger charge is 2.35. The summed E-state index contributed by atoms with van der Waals surface area (Å²) in [6.45, 7) is 1.28. The first-order valence-corrected chi connectivity index (χ1v) is 8.66. The number of rotatable bonds is 4. The Hall–Kier alpha value is -2.66. The van der Waals surface area contributed by atoms with Gasteiger partial charge in [0.25, 0.3) is 0 Å². The predicted molar refractivity (Wildman–Crippen MR) is 97.2 cm³/mol. The second kappa shape index (κ2) is 6.33. The van der Waals surface area contributed by atoms with Gasteiger partial charge in [-0.2, -0.15) is 0 Å². The molecule has 0 radical (unpaired) electrons. The van der Waals surface area contributed by atoms with Gasteiger partial charge in [-0.15, -0.1) is 0 Å². The summed E-state index contributed by atoms with van der Waals surface area (Å²) in [6.07, 6.45) is 1.15. The second-order valence-corrected chi connectivity index (χ2v) is 6.66. The Morgan fingerprint density at radius 1 is 1.16 bits per heavy atom. The van der Waals surface area contributed by atoms with Gasteiger partial charge in [0.1, 0.15) is 0 Å². The fourth-order valence-corrected chi connectivity index (χ4v) is 3.77. The fourth-order valence-electron chi connectivity index (χ4n) is 3.77. The molecule has 5 nitrogen and oxygen atoms in total. The Kier molecular flexibility index (Phi) is 4.01. The lowest BCUT2D eigenvalue weighted by atomic mass is 10.1. The van der Waals surface area contributed by atoms with E-state index in [1.807, 2.05) is 6.07 Å². The lowest BCUT2D eigenvalue weighted by molar-refractivity contribution is -0.126. The zero-order valence-electron chi connectivity index (χ0n) is 14.0. The van der Waals surface area contributed by atoms with Gasteiger partial charge in [0.05, 0.1) is 5.92 Å². The lowest BCUT2D eigenvalue weighted by Gasteiger charge is -2.18. The van der Waals surface area contributed by atoms with Crippen LogP contribution >= 0.6 is 0 Å². The smallest absolute Gasteiger partial charge is 0.227 e. The molecule has 1 aliphatic heterocycles. The molecule has 1 heterocycles. The largest absolute Gasteiger partial charge is 0.355 e. The Morgan fingerprint density at radius 3 is 2.80 bits per heavy atom. The maximum absolute atomic E-state index is 12.4. The van der Waals surface area contributed by atoms with Crippen molar-refractivity contribution >= 4 is 17.5 Å². The Labute approximate surface area is 146 Å². The molecule has 0 bridgehead atoms. The van der Waals surface area contributed by atoms with Crippen molar-refractivity contribution in [2.75, 3.05) is 24.5 Å². The number of carbonyl (C=O) groups excluding carboxylic acids is 2. The molecular weight excluding hydrogens is 314 g/mol. The first-order valence-electron chi connectivity index (χ1n) is 8.66. The van der Waals surface area contributed by atoms with Gasteiger partial charge >= 0.3 is 0 Å². The van der Waals surface area contributed by atoms with Crippen LogP contribution in [0.2, 0.25) is 0 Å². The highest BCUT2D eigenvalue weighted by molar-refractivity contribution is 6.00. The first kappa shape index (κ1) is 15.8. The molecule has 1 atom stereocenters. The van der Waals surface area contributed by atoms with E-state index in [4.69, 9.17) is 5.73 Å². The second-order valence-electron chi connectivity index (χ2n) is 6.66. The molecule has 0 saturated carbocycles. The molecule has 128 valence electrons. The van der Waals surface area contributed by atoms with E-state index in [0.29, 0.717) is 19.6 Å². The van der Waals surface area contributed by atoms with E-state index in [0.717, 1.165) is 12.1 Å². The Balaban J connectivity index is 1.55. The van der Waals surface area contributed by atoms with Crippen LogP contribution in [0.4, 0.5) is 5.69 Å². The average Bonchev–Trinajstić information content (AvgIpc) is 3.19. The van der Waals surface area contributed by atoms with E-state index in [1.165, 1.54) is 22.3 Å². The highest BCUT2D eigenvalue weighted by atomic mass is 16.2. The number of amides is 2. The summed E-state index contributed by atoms with van der Waals surface area (Å²) in [5.74, 6) is -0.386. The summed E-state index contributed by atoms with van der Waals surface area (Å²) in [7, 11) is 0. The van der Waals surface area contributed by atoms with Crippen molar-refractivity contribution in [1.29, 1.82) is 0 Å². The van der Waals surface area contributed by atoms with Crippen LogP contribution in [0.5, 0.6) is 0 Å². The van der Waals surface area contributed by atoms with E-state index < -0.39 is 0 Å². The topological polar surface area (TPSA) is 75.4 Å². The molecule has 5 heteroatoms. The van der Waals surface area contributed by atoms with Gasteiger partial charge in [0.2, 0.25) is 11.8 Å². The van der Waals surface area contributed by atoms with Crippen molar-refractivity contribution in [3.63, 3.8) is 0 Å². The summed E-state index contributed by atoms with van der Waals surface area (Å²) in [5.41, 5.74) is 11.4. The molecule has 0 spiro atoms. The summed E-state index contributed by atoms with van der Waals surface area (Å²) >= 11 is 0. The summed E-state index contributed by atoms with van der Waals surface area (Å²) in [4.78, 5) is 26.3. The van der Waals surface area contributed by atoms with E-state index in [9.17, 15) is 9.59 Å². The van der Waals surface area contributed by atoms with Crippen molar-refractivity contribution in [2.24, 2.45) is 11.7 Å². The van der Waals surface area contributed by atoms with Gasteiger partial charge in [-0.25, -0.2) is 0 Å². The van der Waals surface area contributed by atoms with Crippen molar-refractivity contribution in [3.05, 3.63) is 53.6 Å². The van der Waals surface area contributed by atoms with E-state index in [1.54, 1.807) is 4.90 Å². The number of fused-ring (bicyclic) bond motifs is 3. The van der Waals surface area contributed by atoms with Crippen molar-refractivity contribution in [2.45, 2.75) is 12.8 Å². The van der Waals surface area contributed by atoms with Crippen LogP contribution in [0.25, 0.3) is 11.1 Å². The molecular formula is C20H21N3O2. The molecule has 2 aromatic carbocycles. The van der Waals surface area contributed by atoms with Crippen LogP contribution in [0.3, 0.4) is 0 Å². The van der Waals surface area contributed by atoms with Crippen molar-refractivity contribution < 1.29 is 9.59 Å². The van der Waals surface area contributed by atoms with Crippen LogP contribution < -0.4 is 16.0 Å². The fraction of sp³-hybridized carbons (Fsp3) is 0.300. The third kappa shape index (κ3) is 2.81. The highest BCUT2D eigenvalue weighted by Crippen LogP contribution is 2.39. The SMILES string of the molecule is NCCNC(=O)C1CC(=O)N(c2ccc3c(c2)Cc2ccccc2-3)C1. The molecule has 1 saturated heterocycles. The minimum atomic E-state index is -0.301. The molecule has 1 fully saturated rings. The molecule has 0 aromatic heterocycles. The van der Waals surface area contributed by atoms with Crippen molar-refractivity contribution in [1.82, 2.24) is 5.32 Å². The van der Waals surface area contributed by atoms with Crippen LogP contribution in [-0.2, 0) is 16.0 Å². The Morgan fingerprint density at radius 2 is 1.96 bits per heavy atom. The number of hydrogen-bond donors (Lipinski definition) is 2. The number of benzene rings is 2. The number of nitrogens with zero attached hydrogens (tertiary/aromatic N) is 1. The summed E-state index contributed by atoms with van der Waals surface area (Å²) in [6, 6.07) is 14.6. The predicted octanol–water partition coefficient (Wildman–Crippen LogP) is 1.69. The monoisotopic (exact) mass is 335 g/mol. The minimum Gasteiger partial charge on any atom is -0.355 e. The molecule has 2 amide bonds. The van der Waals surface area contributed by atoms with Gasteiger partial charge in [0, 0.05) is 31.7 Å². The average molecular weight is 335 g/mol.